The summed E-state index contributed by atoms with van der Waals surface area (Å²) in [7, 11) is 0. The van der Waals surface area contributed by atoms with Crippen LogP contribution in [0.25, 0.3) is 0 Å². The van der Waals surface area contributed by atoms with Crippen LogP contribution in [0.5, 0.6) is 0 Å². The van der Waals surface area contributed by atoms with E-state index in [0.29, 0.717) is 0 Å². The van der Waals surface area contributed by atoms with E-state index in [9.17, 15) is 0 Å². The van der Waals surface area contributed by atoms with Crippen molar-refractivity contribution in [1.82, 2.24) is 0 Å². The zero-order valence-electron chi connectivity index (χ0n) is 4.13. The summed E-state index contributed by atoms with van der Waals surface area (Å²) in [5.74, 6) is 5.62. The van der Waals surface area contributed by atoms with Gasteiger partial charge in [-0.05, 0) is 28.1 Å². The Morgan fingerprint density at radius 1 is 1.62 bits per heavy atom. The summed E-state index contributed by atoms with van der Waals surface area (Å²) in [4.78, 5) is 3.94. The second-order valence-corrected chi connectivity index (χ2v) is 2.15. The van der Waals surface area contributed by atoms with Crippen molar-refractivity contribution in [1.29, 1.82) is 0 Å². The minimum absolute atomic E-state index is 0.0162. The molecule has 1 heterocycles. The van der Waals surface area contributed by atoms with Gasteiger partial charge in [-0.25, -0.2) is 0 Å². The van der Waals surface area contributed by atoms with Gasteiger partial charge in [0.05, 0.1) is 0 Å². The van der Waals surface area contributed by atoms with Crippen LogP contribution >= 0.6 is 15.9 Å². The lowest BCUT2D eigenvalue weighted by Crippen LogP contribution is -1.83. The third-order valence-electron chi connectivity index (χ3n) is 0.685. The topological polar surface area (TPSA) is 12.4 Å². The molecule has 1 rings (SSSR count). The van der Waals surface area contributed by atoms with Gasteiger partial charge in [-0.15, -0.1) is 0 Å². The lowest BCUT2D eigenvalue weighted by Gasteiger charge is -1.85. The molecule has 1 unspecified atom stereocenters. The van der Waals surface area contributed by atoms with Crippen LogP contribution in [0.15, 0.2) is 17.1 Å². The van der Waals surface area contributed by atoms with Crippen LogP contribution < -0.4 is 0 Å². The number of alkyl halides is 1. The summed E-state index contributed by atoms with van der Waals surface area (Å²) in [6, 6.07) is 0. The van der Waals surface area contributed by atoms with Gasteiger partial charge < -0.3 is 0 Å². The maximum Gasteiger partial charge on any atom is 0.165 e. The molecule has 0 amide bonds. The summed E-state index contributed by atoms with van der Waals surface area (Å²) in [6.45, 7) is 0. The van der Waals surface area contributed by atoms with Gasteiger partial charge in [0, 0.05) is 6.21 Å². The average Bonchev–Trinajstić information content (AvgIpc) is 1.94. The molecule has 0 fully saturated rings. The summed E-state index contributed by atoms with van der Waals surface area (Å²) >= 11 is 3.23. The molecule has 8 heavy (non-hydrogen) atoms. The first-order chi connectivity index (χ1) is 3.89. The molecule has 0 aromatic rings. The van der Waals surface area contributed by atoms with E-state index in [1.54, 1.807) is 12.3 Å². The summed E-state index contributed by atoms with van der Waals surface area (Å²) in [5.41, 5.74) is 0. The molecular weight excluding hydrogens is 166 g/mol. The van der Waals surface area contributed by atoms with E-state index < -0.39 is 0 Å². The molecular formula is C6H4BrN. The number of nitrogens with zero attached hydrogens (tertiary/aromatic N) is 1. The van der Waals surface area contributed by atoms with E-state index in [1.807, 2.05) is 6.08 Å². The highest BCUT2D eigenvalue weighted by Crippen LogP contribution is 1.98. The zero-order valence-corrected chi connectivity index (χ0v) is 5.72. The van der Waals surface area contributed by atoms with Crippen LogP contribution in [0.4, 0.5) is 0 Å². The Bertz CT molecular complexity index is 182. The Morgan fingerprint density at radius 2 is 2.50 bits per heavy atom. The van der Waals surface area contributed by atoms with E-state index in [4.69, 9.17) is 0 Å². The number of rotatable bonds is 0. The first-order valence-electron chi connectivity index (χ1n) is 2.23. The minimum Gasteiger partial charge on any atom is -0.265 e. The first-order valence-corrected chi connectivity index (χ1v) is 3.14. The van der Waals surface area contributed by atoms with Crippen molar-refractivity contribution in [2.75, 3.05) is 0 Å². The van der Waals surface area contributed by atoms with Gasteiger partial charge in [-0.1, -0.05) is 11.8 Å². The quantitative estimate of drug-likeness (QED) is 0.295. The monoisotopic (exact) mass is 169 g/mol. The smallest absolute Gasteiger partial charge is 0.165 e. The van der Waals surface area contributed by atoms with E-state index in [1.165, 1.54) is 0 Å². The molecule has 0 spiro atoms. The Kier molecular flexibility index (Phi) is 1.87. The average molecular weight is 170 g/mol. The van der Waals surface area contributed by atoms with Crippen LogP contribution in [-0.4, -0.2) is 11.2 Å². The van der Waals surface area contributed by atoms with Gasteiger partial charge in [0.15, 0.2) is 4.95 Å². The molecule has 0 radical (unpaired) electrons. The van der Waals surface area contributed by atoms with Crippen molar-refractivity contribution in [3.05, 3.63) is 12.2 Å². The fraction of sp³-hybridized carbons (Fsp3) is 0.167. The van der Waals surface area contributed by atoms with Gasteiger partial charge in [-0.2, -0.15) is 0 Å². The lowest BCUT2D eigenvalue weighted by molar-refractivity contribution is 1.24. The molecule has 1 atom stereocenters. The highest BCUT2D eigenvalue weighted by molar-refractivity contribution is 9.09. The van der Waals surface area contributed by atoms with Crippen molar-refractivity contribution in [2.24, 2.45) is 4.99 Å². The SMILES string of the molecule is BrC1C#CC=CC=N1. The van der Waals surface area contributed by atoms with E-state index in [-0.39, 0.29) is 4.95 Å². The van der Waals surface area contributed by atoms with Crippen LogP contribution in [0.1, 0.15) is 0 Å². The second-order valence-electron chi connectivity index (χ2n) is 1.28. The Balaban J connectivity index is 2.73. The van der Waals surface area contributed by atoms with Crippen LogP contribution in [0.2, 0.25) is 0 Å². The van der Waals surface area contributed by atoms with Gasteiger partial charge in [0.1, 0.15) is 0 Å². The third-order valence-corrected chi connectivity index (χ3v) is 1.15. The third kappa shape index (κ3) is 1.51. The summed E-state index contributed by atoms with van der Waals surface area (Å²) in [6.07, 6.45) is 5.30. The Hall–Kier alpha value is -0.550. The zero-order chi connectivity index (χ0) is 5.82. The van der Waals surface area contributed by atoms with Crippen molar-refractivity contribution in [2.45, 2.75) is 4.95 Å². The highest BCUT2D eigenvalue weighted by Gasteiger charge is 1.89. The van der Waals surface area contributed by atoms with Crippen molar-refractivity contribution in [3.63, 3.8) is 0 Å². The lowest BCUT2D eigenvalue weighted by atomic mass is 10.5. The minimum atomic E-state index is -0.0162. The fourth-order valence-electron chi connectivity index (χ4n) is 0.371. The van der Waals surface area contributed by atoms with Crippen molar-refractivity contribution >= 4 is 22.1 Å². The number of hydrogen-bond acceptors (Lipinski definition) is 1. The molecule has 1 nitrogen and oxygen atoms in total. The fourth-order valence-corrected chi connectivity index (χ4v) is 0.639. The van der Waals surface area contributed by atoms with Gasteiger partial charge in [0.25, 0.3) is 0 Å². The molecule has 0 aromatic carbocycles. The number of halogens is 1. The molecule has 0 aromatic heterocycles. The predicted molar refractivity (Wildman–Crippen MR) is 38.1 cm³/mol. The molecule has 1 aliphatic rings. The number of hydrogen-bond donors (Lipinski definition) is 0. The molecule has 1 aliphatic heterocycles. The second kappa shape index (κ2) is 2.68. The van der Waals surface area contributed by atoms with Crippen LogP contribution in [-0.2, 0) is 0 Å². The molecule has 0 N–H and O–H groups in total. The number of allylic oxidation sites excluding steroid dienone is 2. The van der Waals surface area contributed by atoms with E-state index >= 15 is 0 Å². The summed E-state index contributed by atoms with van der Waals surface area (Å²) in [5, 5.41) is 0. The van der Waals surface area contributed by atoms with Crippen molar-refractivity contribution < 1.29 is 0 Å². The van der Waals surface area contributed by atoms with Crippen LogP contribution in [0.3, 0.4) is 0 Å². The summed E-state index contributed by atoms with van der Waals surface area (Å²) < 4.78 is 0. The Morgan fingerprint density at radius 3 is 3.38 bits per heavy atom. The Labute approximate surface area is 56.6 Å². The maximum atomic E-state index is 3.95. The van der Waals surface area contributed by atoms with Crippen LogP contribution in [0, 0.1) is 11.8 Å². The van der Waals surface area contributed by atoms with Crippen molar-refractivity contribution in [3.8, 4) is 11.8 Å². The molecule has 0 bridgehead atoms. The van der Waals surface area contributed by atoms with Gasteiger partial charge >= 0.3 is 0 Å². The molecule has 0 saturated carbocycles. The number of aliphatic imine (C=N–C) groups is 1. The largest absolute Gasteiger partial charge is 0.265 e. The van der Waals surface area contributed by atoms with E-state index in [2.05, 4.69) is 32.8 Å². The van der Waals surface area contributed by atoms with Gasteiger partial charge in [-0.3, -0.25) is 4.99 Å². The predicted octanol–water partition coefficient (Wildman–Crippen LogP) is 1.35. The molecule has 40 valence electrons. The van der Waals surface area contributed by atoms with E-state index in [0.717, 1.165) is 0 Å². The standard InChI is InChI=1S/C6H4BrN/c7-6-4-2-1-3-5-8-6/h1,3,5-6H. The normalized spacial score (nSPS) is 23.9. The highest BCUT2D eigenvalue weighted by atomic mass is 79.9. The first kappa shape index (κ1) is 5.58. The maximum absolute atomic E-state index is 3.95. The van der Waals surface area contributed by atoms with Gasteiger partial charge in [0.2, 0.25) is 0 Å². The molecule has 0 saturated heterocycles. The molecule has 0 aliphatic carbocycles. The molecule has 2 heteroatoms.